The van der Waals surface area contributed by atoms with E-state index in [1.807, 2.05) is 12.1 Å². The van der Waals surface area contributed by atoms with Crippen LogP contribution in [0.3, 0.4) is 0 Å². The van der Waals surface area contributed by atoms with Crippen LogP contribution < -0.4 is 0 Å². The first-order chi connectivity index (χ1) is 9.12. The third kappa shape index (κ3) is 2.08. The van der Waals surface area contributed by atoms with E-state index >= 15 is 0 Å². The van der Waals surface area contributed by atoms with E-state index < -0.39 is 5.41 Å². The molecule has 2 aliphatic rings. The van der Waals surface area contributed by atoms with Crippen LogP contribution in [0.4, 0.5) is 0 Å². The number of carbonyl (C=O) groups is 2. The molecule has 1 fully saturated rings. The maximum atomic E-state index is 11.9. The Morgan fingerprint density at radius 2 is 2.26 bits per heavy atom. The lowest BCUT2D eigenvalue weighted by molar-refractivity contribution is -0.151. The average molecular weight is 276 g/mol. The third-order valence-corrected chi connectivity index (χ3v) is 5.44. The van der Waals surface area contributed by atoms with E-state index in [2.05, 4.69) is 12.1 Å². The number of ether oxygens (including phenoxy) is 1. The van der Waals surface area contributed by atoms with Crippen molar-refractivity contribution in [3.05, 3.63) is 29.8 Å². The molecule has 2 atom stereocenters. The second kappa shape index (κ2) is 4.67. The van der Waals surface area contributed by atoms with E-state index in [1.165, 1.54) is 17.4 Å². The Kier molecular flexibility index (Phi) is 3.13. The summed E-state index contributed by atoms with van der Waals surface area (Å²) in [5.74, 6) is -0.372. The van der Waals surface area contributed by atoms with Crippen molar-refractivity contribution in [2.75, 3.05) is 6.61 Å². The summed E-state index contributed by atoms with van der Waals surface area (Å²) in [4.78, 5) is 25.2. The molecule has 0 N–H and O–H groups in total. The van der Waals surface area contributed by atoms with Gasteiger partial charge >= 0.3 is 5.97 Å². The molecule has 1 aromatic rings. The van der Waals surface area contributed by atoms with Crippen LogP contribution in [0.1, 0.15) is 25.3 Å². The maximum Gasteiger partial charge on any atom is 0.319 e. The molecule has 0 amide bonds. The summed E-state index contributed by atoms with van der Waals surface area (Å²) in [6.45, 7) is 1.89. The van der Waals surface area contributed by atoms with Gasteiger partial charge in [0, 0.05) is 16.6 Å². The molecule has 4 heteroatoms. The molecule has 0 saturated carbocycles. The monoisotopic (exact) mass is 276 g/mol. The number of carbonyl (C=O) groups excluding carboxylic acids is 2. The summed E-state index contributed by atoms with van der Waals surface area (Å²) in [5, 5.41) is 0.298. The van der Waals surface area contributed by atoms with E-state index in [9.17, 15) is 9.59 Å². The summed E-state index contributed by atoms with van der Waals surface area (Å²) in [5.41, 5.74) is 0.433. The summed E-state index contributed by atoms with van der Waals surface area (Å²) in [7, 11) is 0. The zero-order valence-corrected chi connectivity index (χ0v) is 11.7. The Hall–Kier alpha value is -1.29. The third-order valence-electron chi connectivity index (χ3n) is 4.12. The van der Waals surface area contributed by atoms with Crippen molar-refractivity contribution >= 4 is 23.5 Å². The fourth-order valence-corrected chi connectivity index (χ4v) is 4.41. The highest BCUT2D eigenvalue weighted by molar-refractivity contribution is 8.00. The van der Waals surface area contributed by atoms with Crippen molar-refractivity contribution in [1.29, 1.82) is 0 Å². The van der Waals surface area contributed by atoms with Crippen molar-refractivity contribution < 1.29 is 14.3 Å². The Bertz CT molecular complexity index is 515. The van der Waals surface area contributed by atoms with E-state index in [-0.39, 0.29) is 11.8 Å². The van der Waals surface area contributed by atoms with E-state index in [0.717, 1.165) is 6.42 Å². The minimum absolute atomic E-state index is 0.0495. The topological polar surface area (TPSA) is 43.4 Å². The number of rotatable bonds is 3. The van der Waals surface area contributed by atoms with Gasteiger partial charge in [-0.25, -0.2) is 0 Å². The first kappa shape index (κ1) is 12.7. The number of fused-ring (bicyclic) bond motifs is 1. The van der Waals surface area contributed by atoms with Crippen molar-refractivity contribution in [3.63, 3.8) is 0 Å². The van der Waals surface area contributed by atoms with Crippen molar-refractivity contribution in [2.24, 2.45) is 5.41 Å². The highest BCUT2D eigenvalue weighted by Gasteiger charge is 2.50. The average Bonchev–Trinajstić information content (AvgIpc) is 2.94. The molecule has 0 aliphatic carbocycles. The van der Waals surface area contributed by atoms with Gasteiger partial charge in [0.05, 0.1) is 6.61 Å². The van der Waals surface area contributed by atoms with Crippen molar-refractivity contribution in [1.82, 2.24) is 0 Å². The number of cyclic esters (lactones) is 1. The van der Waals surface area contributed by atoms with Gasteiger partial charge in [0.1, 0.15) is 11.2 Å². The first-order valence-electron chi connectivity index (χ1n) is 6.55. The molecule has 19 heavy (non-hydrogen) atoms. The molecule has 3 rings (SSSR count). The number of benzene rings is 1. The van der Waals surface area contributed by atoms with E-state index in [4.69, 9.17) is 4.74 Å². The van der Waals surface area contributed by atoms with Gasteiger partial charge in [-0.3, -0.25) is 9.59 Å². The summed E-state index contributed by atoms with van der Waals surface area (Å²) < 4.78 is 5.05. The molecule has 1 saturated heterocycles. The number of ketones is 1. The second-order valence-electron chi connectivity index (χ2n) is 5.28. The van der Waals surface area contributed by atoms with Gasteiger partial charge in [-0.2, -0.15) is 0 Å². The van der Waals surface area contributed by atoms with Crippen molar-refractivity contribution in [2.45, 2.75) is 36.3 Å². The Balaban J connectivity index is 1.79. The largest absolute Gasteiger partial charge is 0.465 e. The number of Topliss-reactive ketones (excluding diaryl/α,β-unsaturated/α-hetero) is 1. The van der Waals surface area contributed by atoms with Gasteiger partial charge in [0.25, 0.3) is 0 Å². The molecule has 0 aromatic heterocycles. The van der Waals surface area contributed by atoms with Gasteiger partial charge < -0.3 is 4.74 Å². The zero-order chi connectivity index (χ0) is 13.5. The second-order valence-corrected chi connectivity index (χ2v) is 6.62. The normalized spacial score (nSPS) is 29.1. The van der Waals surface area contributed by atoms with Crippen LogP contribution in [0, 0.1) is 5.41 Å². The number of esters is 1. The minimum atomic E-state index is -0.889. The van der Waals surface area contributed by atoms with Gasteiger partial charge in [-0.15, -0.1) is 11.8 Å². The zero-order valence-electron chi connectivity index (χ0n) is 10.8. The van der Waals surface area contributed by atoms with Crippen LogP contribution in [-0.2, 0) is 20.7 Å². The van der Waals surface area contributed by atoms with Gasteiger partial charge in [0.2, 0.25) is 0 Å². The predicted molar refractivity (Wildman–Crippen MR) is 73.1 cm³/mol. The molecule has 100 valence electrons. The standard InChI is InChI=1S/C15H16O3S/c1-10(16)15(6-7-18-14(15)17)9-12-8-11-4-2-3-5-13(11)19-12/h2-5,12H,6-9H2,1H3. The summed E-state index contributed by atoms with van der Waals surface area (Å²) in [6.07, 6.45) is 2.07. The molecule has 2 unspecified atom stereocenters. The lowest BCUT2D eigenvalue weighted by atomic mass is 9.77. The van der Waals surface area contributed by atoms with Gasteiger partial charge in [-0.05, 0) is 31.4 Å². The van der Waals surface area contributed by atoms with Crippen LogP contribution in [-0.4, -0.2) is 23.6 Å². The molecular weight excluding hydrogens is 260 g/mol. The molecule has 2 heterocycles. The molecule has 1 aromatic carbocycles. The smallest absolute Gasteiger partial charge is 0.319 e. The van der Waals surface area contributed by atoms with Crippen molar-refractivity contribution in [3.8, 4) is 0 Å². The number of hydrogen-bond acceptors (Lipinski definition) is 4. The lowest BCUT2D eigenvalue weighted by Gasteiger charge is -2.24. The Morgan fingerprint density at radius 1 is 1.47 bits per heavy atom. The fourth-order valence-electron chi connectivity index (χ4n) is 2.96. The highest BCUT2D eigenvalue weighted by atomic mass is 32.2. The first-order valence-corrected chi connectivity index (χ1v) is 7.43. The minimum Gasteiger partial charge on any atom is -0.465 e. The summed E-state index contributed by atoms with van der Waals surface area (Å²) in [6, 6.07) is 8.29. The van der Waals surface area contributed by atoms with Crippen LogP contribution in [0.5, 0.6) is 0 Å². The number of hydrogen-bond donors (Lipinski definition) is 0. The molecule has 0 radical (unpaired) electrons. The fraction of sp³-hybridized carbons (Fsp3) is 0.467. The molecule has 0 bridgehead atoms. The maximum absolute atomic E-state index is 11.9. The Morgan fingerprint density at radius 3 is 2.89 bits per heavy atom. The van der Waals surface area contributed by atoms with Crippen LogP contribution in [0.25, 0.3) is 0 Å². The predicted octanol–water partition coefficient (Wildman–Crippen LogP) is 2.62. The highest BCUT2D eigenvalue weighted by Crippen LogP contribution is 2.45. The molecular formula is C15H16O3S. The molecule has 2 aliphatic heterocycles. The van der Waals surface area contributed by atoms with Crippen LogP contribution >= 0.6 is 11.8 Å². The van der Waals surface area contributed by atoms with Crippen LogP contribution in [0.2, 0.25) is 0 Å². The quantitative estimate of drug-likeness (QED) is 0.629. The van der Waals surface area contributed by atoms with Crippen LogP contribution in [0.15, 0.2) is 29.2 Å². The van der Waals surface area contributed by atoms with Gasteiger partial charge in [-0.1, -0.05) is 18.2 Å². The molecule has 3 nitrogen and oxygen atoms in total. The SMILES string of the molecule is CC(=O)C1(CC2Cc3ccccc3S2)CCOC1=O. The van der Waals surface area contributed by atoms with E-state index in [1.54, 1.807) is 11.8 Å². The Labute approximate surface area is 116 Å². The lowest BCUT2D eigenvalue weighted by Crippen LogP contribution is -2.37. The summed E-state index contributed by atoms with van der Waals surface area (Å²) >= 11 is 1.78. The number of thioether (sulfide) groups is 1. The van der Waals surface area contributed by atoms with E-state index in [0.29, 0.717) is 24.7 Å². The molecule has 0 spiro atoms. The van der Waals surface area contributed by atoms with Gasteiger partial charge in [0.15, 0.2) is 0 Å².